The quantitative estimate of drug-likeness (QED) is 0.105. The largest absolute Gasteiger partial charge is 0.520 e. The predicted molar refractivity (Wildman–Crippen MR) is 140 cm³/mol. The van der Waals surface area contributed by atoms with Crippen molar-refractivity contribution in [2.75, 3.05) is 6.61 Å². The van der Waals surface area contributed by atoms with E-state index in [4.69, 9.17) is 43.7 Å². The van der Waals surface area contributed by atoms with Crippen LogP contribution in [-0.4, -0.2) is 15.2 Å². The molecule has 0 amide bonds. The molecule has 0 unspecified atom stereocenters. The lowest BCUT2D eigenvalue weighted by Gasteiger charge is -2.24. The van der Waals surface area contributed by atoms with E-state index in [9.17, 15) is 0 Å². The number of hydrogen-bond donors (Lipinski definition) is 0. The van der Waals surface area contributed by atoms with Gasteiger partial charge in [-0.05, 0) is 31.6 Å². The van der Waals surface area contributed by atoms with Gasteiger partial charge in [-0.3, -0.25) is 0 Å². The van der Waals surface area contributed by atoms with Gasteiger partial charge in [0.1, 0.15) is 5.75 Å². The first-order valence-electron chi connectivity index (χ1n) is 12.3. The minimum atomic E-state index is -2.27. The summed E-state index contributed by atoms with van der Waals surface area (Å²) in [5, 5.41) is 1.15. The Hall–Kier alpha value is 0.0669. The first kappa shape index (κ1) is 29.1. The molecule has 0 saturated carbocycles. The molecule has 0 aliphatic carbocycles. The molecule has 0 spiro atoms. The Morgan fingerprint density at radius 2 is 1.03 bits per heavy atom. The fraction of sp³-hybridized carbons (Fsp3) is 0.760. The zero-order valence-electron chi connectivity index (χ0n) is 19.9. The molecule has 0 aliphatic rings. The maximum absolute atomic E-state index is 6.08. The van der Waals surface area contributed by atoms with Crippen LogP contribution in [0.2, 0.25) is 28.2 Å². The van der Waals surface area contributed by atoms with Crippen molar-refractivity contribution in [1.29, 1.82) is 0 Å². The molecule has 1 rings (SSSR count). The molecule has 0 N–H and O–H groups in total. The Morgan fingerprint density at radius 1 is 0.645 bits per heavy atom. The average molecular weight is 510 g/mol. The van der Waals surface area contributed by atoms with Gasteiger partial charge in [-0.1, -0.05) is 132 Å². The highest BCUT2D eigenvalue weighted by Gasteiger charge is 2.27. The molecule has 0 heterocycles. The molecule has 0 aromatic heterocycles. The van der Waals surface area contributed by atoms with E-state index in [0.717, 1.165) is 13.0 Å². The van der Waals surface area contributed by atoms with E-state index in [2.05, 4.69) is 6.92 Å². The standard InChI is InChI=1S/C25H43Cl3O2Si/c1-4-5-6-7-8-9-10-11-12-13-14-15-16-17-18-19-29-31(2,3)30-22-20-23(26)25(28)24(27)21-22/h20-21H,4-19H2,1-3H3. The number of benzene rings is 1. The van der Waals surface area contributed by atoms with E-state index in [-0.39, 0.29) is 0 Å². The van der Waals surface area contributed by atoms with Crippen molar-refractivity contribution >= 4 is 43.4 Å². The summed E-state index contributed by atoms with van der Waals surface area (Å²) in [7, 11) is -2.27. The Morgan fingerprint density at radius 3 is 1.45 bits per heavy atom. The monoisotopic (exact) mass is 508 g/mol. The molecule has 0 fully saturated rings. The zero-order chi connectivity index (χ0) is 23.0. The van der Waals surface area contributed by atoms with Crippen molar-refractivity contribution in [2.45, 2.75) is 116 Å². The smallest absolute Gasteiger partial charge is 0.392 e. The van der Waals surface area contributed by atoms with E-state index < -0.39 is 8.56 Å². The van der Waals surface area contributed by atoms with E-state index in [1.807, 2.05) is 13.1 Å². The van der Waals surface area contributed by atoms with Gasteiger partial charge in [-0.25, -0.2) is 0 Å². The van der Waals surface area contributed by atoms with E-state index >= 15 is 0 Å². The van der Waals surface area contributed by atoms with Gasteiger partial charge in [0.2, 0.25) is 0 Å². The maximum atomic E-state index is 6.08. The average Bonchev–Trinajstić information content (AvgIpc) is 2.71. The van der Waals surface area contributed by atoms with Crippen molar-refractivity contribution in [1.82, 2.24) is 0 Å². The molecule has 0 atom stereocenters. The van der Waals surface area contributed by atoms with Gasteiger partial charge < -0.3 is 8.85 Å². The fourth-order valence-corrected chi connectivity index (χ4v) is 5.65. The van der Waals surface area contributed by atoms with Crippen molar-refractivity contribution in [3.63, 3.8) is 0 Å². The summed E-state index contributed by atoms with van der Waals surface area (Å²) in [6.45, 7) is 7.10. The second-order valence-electron chi connectivity index (χ2n) is 9.00. The highest BCUT2D eigenvalue weighted by atomic mass is 35.5. The van der Waals surface area contributed by atoms with Crippen molar-refractivity contribution in [2.24, 2.45) is 0 Å². The summed E-state index contributed by atoms with van der Waals surface area (Å²) in [5.74, 6) is 0.618. The van der Waals surface area contributed by atoms with Crippen molar-refractivity contribution < 1.29 is 8.85 Å². The normalized spacial score (nSPS) is 11.8. The molecule has 0 saturated heterocycles. The van der Waals surface area contributed by atoms with Gasteiger partial charge in [0.25, 0.3) is 0 Å². The molecule has 2 nitrogen and oxygen atoms in total. The number of unbranched alkanes of at least 4 members (excludes halogenated alkanes) is 14. The minimum absolute atomic E-state index is 0.355. The van der Waals surface area contributed by atoms with Crippen molar-refractivity contribution in [3.05, 3.63) is 27.2 Å². The molecule has 180 valence electrons. The van der Waals surface area contributed by atoms with E-state index in [1.165, 1.54) is 89.9 Å². The van der Waals surface area contributed by atoms with Crippen LogP contribution in [0.15, 0.2) is 12.1 Å². The molecular weight excluding hydrogens is 467 g/mol. The molecule has 6 heteroatoms. The van der Waals surface area contributed by atoms with Gasteiger partial charge in [0, 0.05) is 6.61 Å². The van der Waals surface area contributed by atoms with Crippen LogP contribution < -0.4 is 4.43 Å². The SMILES string of the molecule is CCCCCCCCCCCCCCCCCO[Si](C)(C)Oc1cc(Cl)c(Cl)c(Cl)c1. The second kappa shape index (κ2) is 17.5. The zero-order valence-corrected chi connectivity index (χ0v) is 23.2. The Kier molecular flexibility index (Phi) is 16.5. The number of halogens is 3. The van der Waals surface area contributed by atoms with Crippen LogP contribution in [0.25, 0.3) is 0 Å². The summed E-state index contributed by atoms with van der Waals surface area (Å²) in [4.78, 5) is 0. The predicted octanol–water partition coefficient (Wildman–Crippen LogP) is 10.6. The van der Waals surface area contributed by atoms with Crippen LogP contribution in [0.5, 0.6) is 5.75 Å². The highest BCUT2D eigenvalue weighted by molar-refractivity contribution is 6.65. The second-order valence-corrected chi connectivity index (χ2v) is 13.5. The van der Waals surface area contributed by atoms with Crippen LogP contribution in [0.3, 0.4) is 0 Å². The van der Waals surface area contributed by atoms with Crippen LogP contribution in [0.1, 0.15) is 103 Å². The van der Waals surface area contributed by atoms with Gasteiger partial charge in [0.15, 0.2) is 0 Å². The fourth-order valence-electron chi connectivity index (χ4n) is 3.70. The van der Waals surface area contributed by atoms with Gasteiger partial charge >= 0.3 is 8.56 Å². The lowest BCUT2D eigenvalue weighted by molar-refractivity contribution is 0.240. The van der Waals surface area contributed by atoms with Gasteiger partial charge in [-0.15, -0.1) is 0 Å². The summed E-state index contributed by atoms with van der Waals surface area (Å²) in [5.41, 5.74) is 0. The first-order valence-corrected chi connectivity index (χ1v) is 16.3. The number of hydrogen-bond acceptors (Lipinski definition) is 2. The lowest BCUT2D eigenvalue weighted by atomic mass is 10.0. The third kappa shape index (κ3) is 14.8. The molecule has 1 aromatic rings. The topological polar surface area (TPSA) is 18.5 Å². The van der Waals surface area contributed by atoms with Gasteiger partial charge in [-0.2, -0.15) is 0 Å². The third-order valence-electron chi connectivity index (χ3n) is 5.52. The maximum Gasteiger partial charge on any atom is 0.392 e. The molecular formula is C25H43Cl3O2Si. The molecule has 31 heavy (non-hydrogen) atoms. The third-order valence-corrected chi connectivity index (χ3v) is 8.34. The van der Waals surface area contributed by atoms with Crippen LogP contribution in [0, 0.1) is 0 Å². The molecule has 0 aliphatic heterocycles. The summed E-state index contributed by atoms with van der Waals surface area (Å²) >= 11 is 18.1. The van der Waals surface area contributed by atoms with Crippen LogP contribution in [-0.2, 0) is 4.43 Å². The van der Waals surface area contributed by atoms with E-state index in [0.29, 0.717) is 20.8 Å². The summed E-state index contributed by atoms with van der Waals surface area (Å²) in [6, 6.07) is 3.39. The minimum Gasteiger partial charge on any atom is -0.520 e. The Bertz CT molecular complexity index is 573. The molecule has 1 aromatic carbocycles. The Balaban J connectivity index is 1.96. The van der Waals surface area contributed by atoms with Crippen LogP contribution >= 0.6 is 34.8 Å². The number of rotatable bonds is 19. The van der Waals surface area contributed by atoms with Crippen LogP contribution in [0.4, 0.5) is 0 Å². The highest BCUT2D eigenvalue weighted by Crippen LogP contribution is 2.35. The first-order chi connectivity index (χ1) is 14.9. The Labute approximate surface area is 207 Å². The molecule has 0 bridgehead atoms. The lowest BCUT2D eigenvalue weighted by Crippen LogP contribution is -2.38. The summed E-state index contributed by atoms with van der Waals surface area (Å²) < 4.78 is 12.1. The van der Waals surface area contributed by atoms with Crippen molar-refractivity contribution in [3.8, 4) is 5.75 Å². The summed E-state index contributed by atoms with van der Waals surface area (Å²) in [6.07, 6.45) is 20.5. The van der Waals surface area contributed by atoms with Gasteiger partial charge in [0.05, 0.1) is 15.1 Å². The van der Waals surface area contributed by atoms with E-state index in [1.54, 1.807) is 12.1 Å². The molecule has 0 radical (unpaired) electrons.